The summed E-state index contributed by atoms with van der Waals surface area (Å²) in [6.07, 6.45) is 4.09. The van der Waals surface area contributed by atoms with Crippen molar-refractivity contribution in [2.24, 2.45) is 0 Å². The monoisotopic (exact) mass is 208 g/mol. The number of rotatable bonds is 4. The number of benzene rings is 2. The highest BCUT2D eigenvalue weighted by atomic mass is 14.0. The predicted molar refractivity (Wildman–Crippen MR) is 70.4 cm³/mol. The van der Waals surface area contributed by atoms with Crippen LogP contribution in [-0.4, -0.2) is 0 Å². The van der Waals surface area contributed by atoms with Gasteiger partial charge in [-0.25, -0.2) is 0 Å². The molecular formula is C16H16. The van der Waals surface area contributed by atoms with Crippen LogP contribution in [0, 0.1) is 0 Å². The lowest BCUT2D eigenvalue weighted by Gasteiger charge is -2.03. The van der Waals surface area contributed by atoms with Crippen LogP contribution in [0.1, 0.15) is 12.0 Å². The van der Waals surface area contributed by atoms with Gasteiger partial charge >= 0.3 is 0 Å². The van der Waals surface area contributed by atoms with E-state index in [1.165, 1.54) is 16.7 Å². The van der Waals surface area contributed by atoms with Gasteiger partial charge in [-0.05, 0) is 29.5 Å². The van der Waals surface area contributed by atoms with Crippen molar-refractivity contribution < 1.29 is 0 Å². The molecule has 0 N–H and O–H groups in total. The van der Waals surface area contributed by atoms with Crippen LogP contribution in [0.15, 0.2) is 67.3 Å². The third kappa shape index (κ3) is 2.60. The fourth-order valence-corrected chi connectivity index (χ4v) is 1.76. The van der Waals surface area contributed by atoms with E-state index in [0.717, 1.165) is 12.8 Å². The van der Waals surface area contributed by atoms with Gasteiger partial charge in [-0.15, -0.1) is 6.58 Å². The van der Waals surface area contributed by atoms with Gasteiger partial charge < -0.3 is 0 Å². The zero-order valence-electron chi connectivity index (χ0n) is 9.39. The second-order valence-electron chi connectivity index (χ2n) is 3.89. The van der Waals surface area contributed by atoms with E-state index in [1.807, 2.05) is 12.1 Å². The Hall–Kier alpha value is -1.82. The Bertz CT molecular complexity index is 437. The van der Waals surface area contributed by atoms with E-state index in [-0.39, 0.29) is 0 Å². The molecule has 0 heteroatoms. The summed E-state index contributed by atoms with van der Waals surface area (Å²) in [5.41, 5.74) is 3.93. The lowest BCUT2D eigenvalue weighted by Crippen LogP contribution is -1.83. The lowest BCUT2D eigenvalue weighted by molar-refractivity contribution is 1.00. The van der Waals surface area contributed by atoms with E-state index in [0.29, 0.717) is 0 Å². The van der Waals surface area contributed by atoms with E-state index >= 15 is 0 Å². The minimum absolute atomic E-state index is 1.05. The first-order valence-corrected chi connectivity index (χ1v) is 5.65. The quantitative estimate of drug-likeness (QED) is 0.650. The second kappa shape index (κ2) is 5.32. The molecule has 0 saturated heterocycles. The molecule has 2 aromatic carbocycles. The minimum atomic E-state index is 1.05. The maximum absolute atomic E-state index is 3.74. The van der Waals surface area contributed by atoms with Crippen molar-refractivity contribution in [2.75, 3.05) is 0 Å². The zero-order valence-corrected chi connectivity index (χ0v) is 9.39. The van der Waals surface area contributed by atoms with Crippen molar-refractivity contribution >= 4 is 0 Å². The SMILES string of the molecule is C=CCCc1ccc(-c2ccccc2)cc1. The van der Waals surface area contributed by atoms with Crippen molar-refractivity contribution in [3.8, 4) is 11.1 Å². The highest BCUT2D eigenvalue weighted by Gasteiger charge is 1.96. The summed E-state index contributed by atoms with van der Waals surface area (Å²) in [7, 11) is 0. The molecule has 0 radical (unpaired) electrons. The number of hydrogen-bond acceptors (Lipinski definition) is 0. The molecule has 0 spiro atoms. The molecule has 0 atom stereocenters. The van der Waals surface area contributed by atoms with Crippen LogP contribution in [0.25, 0.3) is 11.1 Å². The van der Waals surface area contributed by atoms with Crippen LogP contribution in [0.2, 0.25) is 0 Å². The highest BCUT2D eigenvalue weighted by molar-refractivity contribution is 5.63. The van der Waals surface area contributed by atoms with Crippen LogP contribution < -0.4 is 0 Å². The fourth-order valence-electron chi connectivity index (χ4n) is 1.76. The van der Waals surface area contributed by atoms with Crippen molar-refractivity contribution in [2.45, 2.75) is 12.8 Å². The van der Waals surface area contributed by atoms with Gasteiger partial charge in [0, 0.05) is 0 Å². The lowest BCUT2D eigenvalue weighted by atomic mass is 10.0. The van der Waals surface area contributed by atoms with Crippen LogP contribution >= 0.6 is 0 Å². The molecule has 80 valence electrons. The summed E-state index contributed by atoms with van der Waals surface area (Å²) in [5, 5.41) is 0. The Kier molecular flexibility index (Phi) is 3.55. The van der Waals surface area contributed by atoms with E-state index in [9.17, 15) is 0 Å². The average Bonchev–Trinajstić information content (AvgIpc) is 2.38. The Morgan fingerprint density at radius 3 is 2.06 bits per heavy atom. The van der Waals surface area contributed by atoms with Gasteiger partial charge in [-0.3, -0.25) is 0 Å². The molecule has 0 aliphatic carbocycles. The largest absolute Gasteiger partial charge is 0.103 e. The zero-order chi connectivity index (χ0) is 11.2. The summed E-state index contributed by atoms with van der Waals surface area (Å²) >= 11 is 0. The fraction of sp³-hybridized carbons (Fsp3) is 0.125. The smallest absolute Gasteiger partial charge is 0.0184 e. The van der Waals surface area contributed by atoms with Gasteiger partial charge in [0.1, 0.15) is 0 Å². The third-order valence-corrected chi connectivity index (χ3v) is 2.70. The number of allylic oxidation sites excluding steroid dienone is 1. The van der Waals surface area contributed by atoms with Crippen LogP contribution in [0.3, 0.4) is 0 Å². The van der Waals surface area contributed by atoms with Crippen LogP contribution in [0.5, 0.6) is 0 Å². The molecule has 0 nitrogen and oxygen atoms in total. The van der Waals surface area contributed by atoms with Crippen LogP contribution in [0.4, 0.5) is 0 Å². The molecule has 0 fully saturated rings. The van der Waals surface area contributed by atoms with Gasteiger partial charge in [-0.1, -0.05) is 60.7 Å². The van der Waals surface area contributed by atoms with E-state index in [2.05, 4.69) is 55.1 Å². The van der Waals surface area contributed by atoms with Crippen molar-refractivity contribution in [1.82, 2.24) is 0 Å². The summed E-state index contributed by atoms with van der Waals surface area (Å²) in [6, 6.07) is 19.2. The molecule has 2 rings (SSSR count). The Morgan fingerprint density at radius 2 is 1.44 bits per heavy atom. The topological polar surface area (TPSA) is 0 Å². The summed E-state index contributed by atoms with van der Waals surface area (Å²) < 4.78 is 0. The molecular weight excluding hydrogens is 192 g/mol. The first-order chi connectivity index (χ1) is 7.90. The van der Waals surface area contributed by atoms with Gasteiger partial charge in [0.2, 0.25) is 0 Å². The Balaban J connectivity index is 2.16. The van der Waals surface area contributed by atoms with E-state index in [4.69, 9.17) is 0 Å². The maximum Gasteiger partial charge on any atom is -0.0184 e. The van der Waals surface area contributed by atoms with Gasteiger partial charge in [0.25, 0.3) is 0 Å². The predicted octanol–water partition coefficient (Wildman–Crippen LogP) is 4.47. The number of aryl methyl sites for hydroxylation is 1. The molecule has 0 bridgehead atoms. The van der Waals surface area contributed by atoms with Crippen molar-refractivity contribution in [1.29, 1.82) is 0 Å². The first kappa shape index (κ1) is 10.7. The molecule has 0 saturated carbocycles. The van der Waals surface area contributed by atoms with Gasteiger partial charge in [0.15, 0.2) is 0 Å². The van der Waals surface area contributed by atoms with Crippen LogP contribution in [-0.2, 0) is 6.42 Å². The van der Waals surface area contributed by atoms with E-state index in [1.54, 1.807) is 0 Å². The minimum Gasteiger partial charge on any atom is -0.103 e. The molecule has 16 heavy (non-hydrogen) atoms. The Morgan fingerprint density at radius 1 is 0.812 bits per heavy atom. The molecule has 0 aromatic heterocycles. The van der Waals surface area contributed by atoms with E-state index < -0.39 is 0 Å². The van der Waals surface area contributed by atoms with Crippen molar-refractivity contribution in [3.63, 3.8) is 0 Å². The third-order valence-electron chi connectivity index (χ3n) is 2.70. The molecule has 0 heterocycles. The molecule has 0 aliphatic rings. The first-order valence-electron chi connectivity index (χ1n) is 5.65. The Labute approximate surface area is 97.3 Å². The number of hydrogen-bond donors (Lipinski definition) is 0. The molecule has 0 amide bonds. The summed E-state index contributed by atoms with van der Waals surface area (Å²) in [4.78, 5) is 0. The van der Waals surface area contributed by atoms with Crippen molar-refractivity contribution in [3.05, 3.63) is 72.8 Å². The normalized spacial score (nSPS) is 10.0. The molecule has 0 unspecified atom stereocenters. The highest BCUT2D eigenvalue weighted by Crippen LogP contribution is 2.19. The average molecular weight is 208 g/mol. The second-order valence-corrected chi connectivity index (χ2v) is 3.89. The van der Waals surface area contributed by atoms with Gasteiger partial charge in [-0.2, -0.15) is 0 Å². The summed E-state index contributed by atoms with van der Waals surface area (Å²) in [5.74, 6) is 0. The maximum atomic E-state index is 3.74. The standard InChI is InChI=1S/C16H16/c1-2-3-7-14-10-12-16(13-11-14)15-8-5-4-6-9-15/h2,4-6,8-13H,1,3,7H2. The molecule has 0 aliphatic heterocycles. The van der Waals surface area contributed by atoms with Gasteiger partial charge in [0.05, 0.1) is 0 Å². The summed E-state index contributed by atoms with van der Waals surface area (Å²) in [6.45, 7) is 3.74. The molecule has 2 aromatic rings.